The van der Waals surface area contributed by atoms with Gasteiger partial charge >= 0.3 is 0 Å². The van der Waals surface area contributed by atoms with E-state index in [0.717, 1.165) is 5.56 Å². The molecule has 196 valence electrons. The molecule has 0 unspecified atom stereocenters. The molecule has 1 atom stereocenters. The van der Waals surface area contributed by atoms with Gasteiger partial charge in [-0.15, -0.1) is 0 Å². The average Bonchev–Trinajstić information content (AvgIpc) is 2.81. The molecule has 2 heterocycles. The van der Waals surface area contributed by atoms with E-state index in [4.69, 9.17) is 9.47 Å². The molecule has 1 fully saturated rings. The number of hydrogen-bond acceptors (Lipinski definition) is 6. The zero-order valence-corrected chi connectivity index (χ0v) is 21.0. The van der Waals surface area contributed by atoms with Gasteiger partial charge in [0.1, 0.15) is 24.0 Å². The summed E-state index contributed by atoms with van der Waals surface area (Å²) in [6.07, 6.45) is 0.585. The number of carbonyl (C=O) groups is 1. The predicted molar refractivity (Wildman–Crippen MR) is 132 cm³/mol. The summed E-state index contributed by atoms with van der Waals surface area (Å²) in [5.74, 6) is -0.502. The monoisotopic (exact) mass is 505 g/mol. The molecule has 1 N–H and O–H groups in total. The van der Waals surface area contributed by atoms with Crippen molar-refractivity contribution in [3.8, 4) is 11.5 Å². The van der Waals surface area contributed by atoms with E-state index in [1.807, 2.05) is 11.0 Å². The Balaban J connectivity index is 1.63. The minimum absolute atomic E-state index is 0.0493. The highest BCUT2D eigenvalue weighted by molar-refractivity contribution is 5.67. The van der Waals surface area contributed by atoms with Crippen LogP contribution in [0.4, 0.5) is 18.9 Å². The maximum absolute atomic E-state index is 15.6. The third-order valence-corrected chi connectivity index (χ3v) is 6.89. The number of carbonyl (C=O) groups excluding carboxylic acids is 1. The van der Waals surface area contributed by atoms with Gasteiger partial charge in [-0.25, -0.2) is 8.78 Å². The quantitative estimate of drug-likeness (QED) is 0.456. The molecule has 1 saturated heterocycles. The molecular formula is C27H34F3N3O3. The summed E-state index contributed by atoms with van der Waals surface area (Å²) >= 11 is 0. The number of rotatable bonds is 11. The molecule has 0 aromatic heterocycles. The Bertz CT molecular complexity index is 1050. The second kappa shape index (κ2) is 11.5. The van der Waals surface area contributed by atoms with Gasteiger partial charge in [0, 0.05) is 68.9 Å². The van der Waals surface area contributed by atoms with Gasteiger partial charge in [-0.05, 0) is 24.0 Å². The molecule has 6 nitrogen and oxygen atoms in total. The molecule has 36 heavy (non-hydrogen) atoms. The predicted octanol–water partition coefficient (Wildman–Crippen LogP) is 4.43. The van der Waals surface area contributed by atoms with Crippen molar-refractivity contribution in [2.24, 2.45) is 11.8 Å². The zero-order valence-electron chi connectivity index (χ0n) is 21.0. The molecule has 2 aromatic carbocycles. The Hall–Kier alpha value is -2.78. The molecule has 9 heteroatoms. The molecule has 2 aliphatic rings. The Labute approximate surface area is 210 Å². The lowest BCUT2D eigenvalue weighted by molar-refractivity contribution is -0.120. The maximum atomic E-state index is 15.6. The number of ether oxygens (including phenoxy) is 2. The summed E-state index contributed by atoms with van der Waals surface area (Å²) in [7, 11) is 1.73. The smallest absolute Gasteiger partial charge is 0.298 e. The summed E-state index contributed by atoms with van der Waals surface area (Å²) in [6.45, 7) is 7.58. The second-order valence-corrected chi connectivity index (χ2v) is 9.94. The molecule has 4 rings (SSSR count). The minimum atomic E-state index is -0.686. The molecule has 0 saturated carbocycles. The van der Waals surface area contributed by atoms with Gasteiger partial charge in [-0.2, -0.15) is 0 Å². The number of likely N-dealkylation sites (tertiary alicyclic amines) is 1. The van der Waals surface area contributed by atoms with Crippen LogP contribution in [-0.2, 0) is 11.2 Å². The maximum Gasteiger partial charge on any atom is 0.298 e. The van der Waals surface area contributed by atoms with Crippen LogP contribution in [0.3, 0.4) is 0 Å². The highest BCUT2D eigenvalue weighted by Gasteiger charge is 2.35. The van der Waals surface area contributed by atoms with Crippen molar-refractivity contribution in [3.63, 3.8) is 0 Å². The van der Waals surface area contributed by atoms with Crippen molar-refractivity contribution in [2.75, 3.05) is 58.4 Å². The van der Waals surface area contributed by atoms with E-state index in [9.17, 15) is 9.18 Å². The zero-order chi connectivity index (χ0) is 25.8. The van der Waals surface area contributed by atoms with Crippen LogP contribution in [0.5, 0.6) is 11.5 Å². The molecule has 0 aliphatic carbocycles. The van der Waals surface area contributed by atoms with Crippen LogP contribution in [0.15, 0.2) is 24.3 Å². The number of benzene rings is 2. The minimum Gasteiger partial charge on any atom is -0.492 e. The number of nitrogens with zero attached hydrogens (tertiary/aromatic N) is 2. The second-order valence-electron chi connectivity index (χ2n) is 9.94. The lowest BCUT2D eigenvalue weighted by atomic mass is 9.86. The van der Waals surface area contributed by atoms with Crippen molar-refractivity contribution < 1.29 is 27.4 Å². The summed E-state index contributed by atoms with van der Waals surface area (Å²) in [5.41, 5.74) is 2.07. The summed E-state index contributed by atoms with van der Waals surface area (Å²) in [5, 5.41) is 3.02. The Morgan fingerprint density at radius 2 is 1.92 bits per heavy atom. The third-order valence-electron chi connectivity index (χ3n) is 6.89. The van der Waals surface area contributed by atoms with Crippen LogP contribution >= 0.6 is 0 Å². The molecule has 0 spiro atoms. The molecular weight excluding hydrogens is 471 g/mol. The highest BCUT2D eigenvalue weighted by atomic mass is 19.1. The van der Waals surface area contributed by atoms with Gasteiger partial charge < -0.3 is 14.8 Å². The van der Waals surface area contributed by atoms with E-state index in [2.05, 4.69) is 24.1 Å². The van der Waals surface area contributed by atoms with Gasteiger partial charge in [-0.3, -0.25) is 19.0 Å². The fourth-order valence-corrected chi connectivity index (χ4v) is 5.28. The lowest BCUT2D eigenvalue weighted by Gasteiger charge is -2.39. The fourth-order valence-electron chi connectivity index (χ4n) is 5.28. The van der Waals surface area contributed by atoms with E-state index in [1.54, 1.807) is 13.1 Å². The van der Waals surface area contributed by atoms with Crippen LogP contribution in [0, 0.1) is 23.5 Å². The van der Waals surface area contributed by atoms with Gasteiger partial charge in [-0.1, -0.05) is 19.9 Å². The summed E-state index contributed by atoms with van der Waals surface area (Å²) < 4.78 is 54.6. The van der Waals surface area contributed by atoms with Crippen molar-refractivity contribution >= 4 is 12.2 Å². The number of nitrogens with one attached hydrogen (secondary N) is 1. The van der Waals surface area contributed by atoms with Crippen molar-refractivity contribution in [3.05, 3.63) is 52.6 Å². The number of fused-ring (bicyclic) bond motifs is 1. The highest BCUT2D eigenvalue weighted by Crippen LogP contribution is 2.44. The van der Waals surface area contributed by atoms with Crippen LogP contribution in [-0.4, -0.2) is 69.3 Å². The van der Waals surface area contributed by atoms with E-state index in [-0.39, 0.29) is 36.4 Å². The SMILES string of the molecule is CNc1ccc2c(c1OC=O)CCN(CC(C)C)[C@@H]2c1c(F)cc(OCCN2CC(CF)C2)cc1F. The van der Waals surface area contributed by atoms with Gasteiger partial charge in [0.2, 0.25) is 0 Å². The van der Waals surface area contributed by atoms with Gasteiger partial charge in [0.05, 0.1) is 18.4 Å². The van der Waals surface area contributed by atoms with Crippen LogP contribution < -0.4 is 14.8 Å². The average molecular weight is 506 g/mol. The fraction of sp³-hybridized carbons (Fsp3) is 0.519. The van der Waals surface area contributed by atoms with E-state index < -0.39 is 17.7 Å². The standard InChI is InChI=1S/C27H34F3N3O3/c1-17(2)13-33-7-6-21-20(4-5-24(31-3)27(21)36-16-34)26(33)25-22(29)10-19(11-23(25)30)35-9-8-32-14-18(12-28)15-32/h4-5,10-11,16-18,26,31H,6-9,12-15H2,1-3H3/t26-/m0/s1. The topological polar surface area (TPSA) is 54.0 Å². The summed E-state index contributed by atoms with van der Waals surface area (Å²) in [6, 6.07) is 5.39. The first-order valence-electron chi connectivity index (χ1n) is 12.4. The van der Waals surface area contributed by atoms with Gasteiger partial charge in [0.25, 0.3) is 6.47 Å². The summed E-state index contributed by atoms with van der Waals surface area (Å²) in [4.78, 5) is 15.3. The number of anilines is 1. The van der Waals surface area contributed by atoms with E-state index in [1.165, 1.54) is 12.1 Å². The first-order chi connectivity index (χ1) is 17.4. The largest absolute Gasteiger partial charge is 0.492 e. The van der Waals surface area contributed by atoms with Crippen molar-refractivity contribution in [1.82, 2.24) is 9.80 Å². The first-order valence-corrected chi connectivity index (χ1v) is 12.4. The molecule has 0 amide bonds. The molecule has 2 aliphatic heterocycles. The molecule has 0 radical (unpaired) electrons. The van der Waals surface area contributed by atoms with Gasteiger partial charge in [0.15, 0.2) is 5.75 Å². The lowest BCUT2D eigenvalue weighted by Crippen LogP contribution is -2.49. The van der Waals surface area contributed by atoms with Crippen LogP contribution in [0.2, 0.25) is 0 Å². The number of halogens is 3. The number of hydrogen-bond donors (Lipinski definition) is 1. The van der Waals surface area contributed by atoms with E-state index >= 15 is 8.78 Å². The number of alkyl halides is 1. The van der Waals surface area contributed by atoms with E-state index in [0.29, 0.717) is 62.6 Å². The Morgan fingerprint density at radius 1 is 1.19 bits per heavy atom. The van der Waals surface area contributed by atoms with Crippen molar-refractivity contribution in [2.45, 2.75) is 26.3 Å². The first kappa shape index (κ1) is 26.3. The molecule has 2 aromatic rings. The Kier molecular flexibility index (Phi) is 8.41. The Morgan fingerprint density at radius 3 is 2.53 bits per heavy atom. The van der Waals surface area contributed by atoms with Crippen molar-refractivity contribution in [1.29, 1.82) is 0 Å². The third kappa shape index (κ3) is 5.47. The van der Waals surface area contributed by atoms with Crippen LogP contribution in [0.25, 0.3) is 0 Å². The molecule has 0 bridgehead atoms. The normalized spacial score (nSPS) is 18.6. The van der Waals surface area contributed by atoms with Crippen LogP contribution in [0.1, 0.15) is 36.6 Å².